The normalized spacial score (nSPS) is 15.8. The second-order valence-corrected chi connectivity index (χ2v) is 7.72. The molecule has 1 aromatic heterocycles. The minimum Gasteiger partial charge on any atom is -0.550 e. The Morgan fingerprint density at radius 2 is 1.86 bits per heavy atom. The van der Waals surface area contributed by atoms with Crippen LogP contribution in [0, 0.1) is 12.7 Å². The molecule has 0 spiro atoms. The third-order valence-electron chi connectivity index (χ3n) is 4.41. The lowest BCUT2D eigenvalue weighted by atomic mass is 10.0. The van der Waals surface area contributed by atoms with Crippen molar-refractivity contribution >= 4 is 23.4 Å². The number of rotatable bonds is 5. The third-order valence-corrected chi connectivity index (χ3v) is 5.55. The first-order valence-electron chi connectivity index (χ1n) is 8.71. The third kappa shape index (κ3) is 3.82. The van der Waals surface area contributed by atoms with Gasteiger partial charge in [-0.05, 0) is 30.2 Å². The molecule has 1 aliphatic heterocycles. The van der Waals surface area contributed by atoms with Gasteiger partial charge in [-0.25, -0.2) is 4.39 Å². The van der Waals surface area contributed by atoms with Crippen LogP contribution in [0.2, 0.25) is 0 Å². The van der Waals surface area contributed by atoms with E-state index in [9.17, 15) is 14.3 Å². The van der Waals surface area contributed by atoms with Crippen molar-refractivity contribution in [2.24, 2.45) is 5.10 Å². The number of aliphatic carboxylic acids is 1. The van der Waals surface area contributed by atoms with E-state index in [2.05, 4.69) is 15.3 Å². The van der Waals surface area contributed by atoms with Gasteiger partial charge in [-0.3, -0.25) is 0 Å². The van der Waals surface area contributed by atoms with E-state index in [-0.39, 0.29) is 12.2 Å². The van der Waals surface area contributed by atoms with E-state index in [1.165, 1.54) is 23.9 Å². The number of hydrogen-bond donors (Lipinski definition) is 0. The molecule has 0 saturated heterocycles. The molecule has 2 heterocycles. The fourth-order valence-corrected chi connectivity index (χ4v) is 4.08. The van der Waals surface area contributed by atoms with Gasteiger partial charge in [0, 0.05) is 18.8 Å². The van der Waals surface area contributed by atoms with Crippen LogP contribution in [0.5, 0.6) is 0 Å². The molecule has 0 bridgehead atoms. The quantitative estimate of drug-likeness (QED) is 0.661. The highest BCUT2D eigenvalue weighted by Gasteiger charge is 2.29. The maximum absolute atomic E-state index is 13.1. The van der Waals surface area contributed by atoms with Crippen molar-refractivity contribution < 1.29 is 14.3 Å². The van der Waals surface area contributed by atoms with Crippen molar-refractivity contribution in [3.05, 3.63) is 76.9 Å². The van der Waals surface area contributed by atoms with E-state index in [0.717, 1.165) is 16.7 Å². The maximum atomic E-state index is 13.1. The molecule has 8 heteroatoms. The first kappa shape index (κ1) is 18.4. The number of thioether (sulfide) groups is 1. The molecule has 3 aromatic rings. The Morgan fingerprint density at radius 3 is 2.54 bits per heavy atom. The van der Waals surface area contributed by atoms with Gasteiger partial charge in [-0.1, -0.05) is 53.7 Å². The van der Waals surface area contributed by atoms with E-state index in [1.807, 2.05) is 31.2 Å². The van der Waals surface area contributed by atoms with E-state index in [0.29, 0.717) is 23.1 Å². The second-order valence-electron chi connectivity index (χ2n) is 6.55. The number of hydrogen-bond acceptors (Lipinski definition) is 6. The van der Waals surface area contributed by atoms with Crippen LogP contribution in [0.25, 0.3) is 0 Å². The zero-order valence-electron chi connectivity index (χ0n) is 15.0. The SMILES string of the molecule is Cc1ccc(C2=Nn3c(Cc4ccc(F)cc4)nnc3SC2CC(=O)[O-])cc1. The lowest BCUT2D eigenvalue weighted by Gasteiger charge is -2.23. The van der Waals surface area contributed by atoms with Gasteiger partial charge in [0.2, 0.25) is 5.16 Å². The predicted molar refractivity (Wildman–Crippen MR) is 102 cm³/mol. The molecule has 6 nitrogen and oxygen atoms in total. The molecular weight excluding hydrogens is 379 g/mol. The Hall–Kier alpha value is -3.00. The Kier molecular flexibility index (Phi) is 4.95. The van der Waals surface area contributed by atoms with Gasteiger partial charge >= 0.3 is 0 Å². The molecule has 0 aliphatic carbocycles. The summed E-state index contributed by atoms with van der Waals surface area (Å²) >= 11 is 1.30. The number of halogens is 1. The fraction of sp³-hybridized carbons (Fsp3) is 0.200. The molecule has 1 unspecified atom stereocenters. The monoisotopic (exact) mass is 395 g/mol. The number of fused-ring (bicyclic) bond motifs is 1. The topological polar surface area (TPSA) is 83.2 Å². The molecule has 142 valence electrons. The van der Waals surface area contributed by atoms with Gasteiger partial charge in [-0.2, -0.15) is 9.78 Å². The lowest BCUT2D eigenvalue weighted by Crippen LogP contribution is -2.33. The summed E-state index contributed by atoms with van der Waals surface area (Å²) in [5.74, 6) is -0.838. The van der Waals surface area contributed by atoms with Crippen molar-refractivity contribution in [1.82, 2.24) is 14.9 Å². The number of carboxylic acid groups (broad SMARTS) is 1. The lowest BCUT2D eigenvalue weighted by molar-refractivity contribution is -0.305. The zero-order chi connectivity index (χ0) is 19.7. The largest absolute Gasteiger partial charge is 0.550 e. The molecule has 1 aliphatic rings. The van der Waals surface area contributed by atoms with Crippen molar-refractivity contribution in [3.63, 3.8) is 0 Å². The van der Waals surface area contributed by atoms with E-state index >= 15 is 0 Å². The van der Waals surface area contributed by atoms with Crippen LogP contribution < -0.4 is 5.11 Å². The van der Waals surface area contributed by atoms with Gasteiger partial charge in [0.25, 0.3) is 0 Å². The van der Waals surface area contributed by atoms with Crippen LogP contribution >= 0.6 is 11.8 Å². The van der Waals surface area contributed by atoms with Crippen LogP contribution in [0.3, 0.4) is 0 Å². The number of carbonyl (C=O) groups excluding carboxylic acids is 1. The maximum Gasteiger partial charge on any atom is 0.212 e. The van der Waals surface area contributed by atoms with E-state index in [4.69, 9.17) is 0 Å². The molecule has 4 rings (SSSR count). The summed E-state index contributed by atoms with van der Waals surface area (Å²) in [7, 11) is 0. The highest BCUT2D eigenvalue weighted by Crippen LogP contribution is 2.32. The van der Waals surface area contributed by atoms with Gasteiger partial charge in [0.1, 0.15) is 5.82 Å². The van der Waals surface area contributed by atoms with E-state index in [1.54, 1.807) is 16.8 Å². The fourth-order valence-electron chi connectivity index (χ4n) is 2.98. The molecule has 0 amide bonds. The summed E-state index contributed by atoms with van der Waals surface area (Å²) < 4.78 is 14.8. The number of benzene rings is 2. The van der Waals surface area contributed by atoms with Crippen LogP contribution in [0.4, 0.5) is 4.39 Å². The minimum absolute atomic E-state index is 0.169. The number of aryl methyl sites for hydroxylation is 1. The number of carbonyl (C=O) groups is 1. The molecule has 0 radical (unpaired) electrons. The van der Waals surface area contributed by atoms with Crippen molar-refractivity contribution in [2.45, 2.75) is 30.2 Å². The second kappa shape index (κ2) is 7.55. The summed E-state index contributed by atoms with van der Waals surface area (Å²) in [5, 5.41) is 24.4. The van der Waals surface area contributed by atoms with Gasteiger partial charge in [0.15, 0.2) is 5.82 Å². The Balaban J connectivity index is 1.72. The number of nitrogens with zero attached hydrogens (tertiary/aromatic N) is 4. The summed E-state index contributed by atoms with van der Waals surface area (Å²) in [6.07, 6.45) is 0.265. The summed E-state index contributed by atoms with van der Waals surface area (Å²) in [6, 6.07) is 13.9. The highest BCUT2D eigenvalue weighted by atomic mass is 32.2. The standard InChI is InChI=1S/C20H17FN4O2S/c1-12-2-6-14(7-3-12)19-16(11-18(26)27)28-20-23-22-17(25(20)24-19)10-13-4-8-15(21)9-5-13/h2-9,16H,10-11H2,1H3,(H,26,27)/p-1. The molecule has 28 heavy (non-hydrogen) atoms. The van der Waals surface area contributed by atoms with Crippen LogP contribution in [0.15, 0.2) is 58.8 Å². The zero-order valence-corrected chi connectivity index (χ0v) is 15.8. The van der Waals surface area contributed by atoms with Crippen molar-refractivity contribution in [1.29, 1.82) is 0 Å². The first-order chi connectivity index (χ1) is 13.5. The van der Waals surface area contributed by atoms with Crippen LogP contribution in [-0.2, 0) is 11.2 Å². The molecule has 0 saturated carbocycles. The van der Waals surface area contributed by atoms with Crippen LogP contribution in [0.1, 0.15) is 28.9 Å². The molecular formula is C20H16FN4O2S-. The minimum atomic E-state index is -1.14. The molecule has 0 N–H and O–H groups in total. The summed E-state index contributed by atoms with van der Waals surface area (Å²) in [4.78, 5) is 11.2. The number of aromatic nitrogens is 3. The molecule has 1 atom stereocenters. The summed E-state index contributed by atoms with van der Waals surface area (Å²) in [6.45, 7) is 1.98. The van der Waals surface area contributed by atoms with Crippen molar-refractivity contribution in [2.75, 3.05) is 0 Å². The van der Waals surface area contributed by atoms with Gasteiger partial charge < -0.3 is 9.90 Å². The van der Waals surface area contributed by atoms with Crippen LogP contribution in [-0.4, -0.2) is 31.8 Å². The first-order valence-corrected chi connectivity index (χ1v) is 9.59. The number of carboxylic acids is 1. The molecule has 0 fully saturated rings. The summed E-state index contributed by atoms with van der Waals surface area (Å²) in [5.41, 5.74) is 3.47. The average molecular weight is 395 g/mol. The smallest absolute Gasteiger partial charge is 0.212 e. The average Bonchev–Trinajstić information content (AvgIpc) is 3.05. The Morgan fingerprint density at radius 1 is 1.14 bits per heavy atom. The Bertz CT molecular complexity index is 1050. The van der Waals surface area contributed by atoms with Gasteiger partial charge in [0.05, 0.1) is 11.0 Å². The van der Waals surface area contributed by atoms with Gasteiger partial charge in [-0.15, -0.1) is 10.2 Å². The predicted octanol–water partition coefficient (Wildman–Crippen LogP) is 2.18. The van der Waals surface area contributed by atoms with E-state index < -0.39 is 11.2 Å². The Labute approximate surface area is 165 Å². The molecule has 2 aromatic carbocycles. The highest BCUT2D eigenvalue weighted by molar-refractivity contribution is 8.00. The van der Waals surface area contributed by atoms with Crippen molar-refractivity contribution in [3.8, 4) is 0 Å².